The minimum Gasteiger partial charge on any atom is -0.493 e. The molecule has 42 heavy (non-hydrogen) atoms. The lowest BCUT2D eigenvalue weighted by atomic mass is 9.97. The molecule has 12 heteroatoms. The number of methoxy groups -OCH3 is 1. The van der Waals surface area contributed by atoms with Gasteiger partial charge in [0.2, 0.25) is 0 Å². The standard InChI is InChI=1S/C30H36N8O4/c1-6-42-25-13-20-7-9-37-23(21(20)14-24(25)41-5)15-26(35-28-18(3)11-17(2)12-19(28)4)38(30(37)40)10-8-34-29(39)27(32)22(16-31)36-33/h11-15,36H,6-10,32-33H2,1-5H3,(H,34,39)/b27-22-,35-26+. The van der Waals surface area contributed by atoms with Crippen LogP contribution in [0.15, 0.2) is 51.5 Å². The second-order valence-corrected chi connectivity index (χ2v) is 9.98. The van der Waals surface area contributed by atoms with Crippen LogP contribution in [0.25, 0.3) is 11.3 Å². The summed E-state index contributed by atoms with van der Waals surface area (Å²) in [6, 6.07) is 11.6. The summed E-state index contributed by atoms with van der Waals surface area (Å²) in [5.74, 6) is 5.82. The summed E-state index contributed by atoms with van der Waals surface area (Å²) in [6.45, 7) is 9.03. The number of aryl methyl sites for hydroxylation is 4. The van der Waals surface area contributed by atoms with Crippen LogP contribution < -0.4 is 43.0 Å². The largest absolute Gasteiger partial charge is 0.493 e. The van der Waals surface area contributed by atoms with Crippen LogP contribution in [0.2, 0.25) is 0 Å². The third-order valence-electron chi connectivity index (χ3n) is 7.12. The molecule has 220 valence electrons. The van der Waals surface area contributed by atoms with E-state index >= 15 is 0 Å². The molecule has 1 amide bonds. The van der Waals surface area contributed by atoms with Gasteiger partial charge < -0.3 is 25.9 Å². The lowest BCUT2D eigenvalue weighted by Crippen LogP contribution is -2.44. The van der Waals surface area contributed by atoms with Crippen molar-refractivity contribution < 1.29 is 14.3 Å². The molecule has 2 heterocycles. The average Bonchev–Trinajstić information content (AvgIpc) is 2.96. The number of nitriles is 1. The average molecular weight is 573 g/mol. The Labute approximate surface area is 243 Å². The molecule has 0 aliphatic carbocycles. The summed E-state index contributed by atoms with van der Waals surface area (Å²) >= 11 is 0. The minimum atomic E-state index is -0.682. The van der Waals surface area contributed by atoms with Gasteiger partial charge in [0, 0.05) is 31.3 Å². The van der Waals surface area contributed by atoms with Gasteiger partial charge in [0.25, 0.3) is 5.91 Å². The highest BCUT2D eigenvalue weighted by Crippen LogP contribution is 2.37. The Morgan fingerprint density at radius 2 is 1.86 bits per heavy atom. The van der Waals surface area contributed by atoms with E-state index in [1.165, 1.54) is 4.57 Å². The molecule has 12 nitrogen and oxygen atoms in total. The number of nitrogens with zero attached hydrogens (tertiary/aromatic N) is 4. The maximum atomic E-state index is 14.0. The van der Waals surface area contributed by atoms with Gasteiger partial charge in [0.05, 0.1) is 25.1 Å². The molecular weight excluding hydrogens is 536 g/mol. The summed E-state index contributed by atoms with van der Waals surface area (Å²) in [5, 5.41) is 11.7. The Hall–Kier alpha value is -5.02. The topological polar surface area (TPSA) is 175 Å². The number of nitrogens with two attached hydrogens (primary N) is 2. The van der Waals surface area contributed by atoms with Gasteiger partial charge in [-0.05, 0) is 62.9 Å². The second-order valence-electron chi connectivity index (χ2n) is 9.98. The number of hydrazine groups is 1. The van der Waals surface area contributed by atoms with Crippen molar-refractivity contribution in [2.75, 3.05) is 20.3 Å². The quantitative estimate of drug-likeness (QED) is 0.130. The van der Waals surface area contributed by atoms with E-state index in [4.69, 9.17) is 31.3 Å². The van der Waals surface area contributed by atoms with Crippen molar-refractivity contribution in [2.24, 2.45) is 16.6 Å². The summed E-state index contributed by atoms with van der Waals surface area (Å²) in [5.41, 5.74) is 13.9. The molecule has 1 aromatic heterocycles. The van der Waals surface area contributed by atoms with Crippen LogP contribution in [-0.4, -0.2) is 35.3 Å². The number of hydrogen-bond donors (Lipinski definition) is 4. The van der Waals surface area contributed by atoms with Crippen LogP contribution >= 0.6 is 0 Å². The molecule has 4 rings (SSSR count). The van der Waals surface area contributed by atoms with Gasteiger partial charge in [-0.25, -0.2) is 15.6 Å². The van der Waals surface area contributed by atoms with E-state index in [2.05, 4.69) is 10.7 Å². The Bertz CT molecular complexity index is 1720. The molecule has 1 aliphatic heterocycles. The van der Waals surface area contributed by atoms with E-state index in [9.17, 15) is 9.59 Å². The molecule has 0 radical (unpaired) electrons. The molecule has 0 atom stereocenters. The van der Waals surface area contributed by atoms with Crippen molar-refractivity contribution in [2.45, 2.75) is 47.2 Å². The lowest BCUT2D eigenvalue weighted by molar-refractivity contribution is -0.117. The molecule has 0 saturated heterocycles. The van der Waals surface area contributed by atoms with E-state index < -0.39 is 5.91 Å². The third-order valence-corrected chi connectivity index (χ3v) is 7.12. The van der Waals surface area contributed by atoms with E-state index in [0.717, 1.165) is 33.5 Å². The molecule has 0 saturated carbocycles. The number of amides is 1. The van der Waals surface area contributed by atoms with Crippen LogP contribution in [-0.2, 0) is 24.3 Å². The second kappa shape index (κ2) is 12.7. The van der Waals surface area contributed by atoms with Gasteiger partial charge in [-0.15, -0.1) is 0 Å². The third kappa shape index (κ3) is 5.87. The normalized spacial score (nSPS) is 12.9. The monoisotopic (exact) mass is 572 g/mol. The molecule has 0 bridgehead atoms. The lowest BCUT2D eigenvalue weighted by Gasteiger charge is -2.25. The summed E-state index contributed by atoms with van der Waals surface area (Å²) < 4.78 is 14.6. The smallest absolute Gasteiger partial charge is 0.330 e. The number of allylic oxidation sites excluding steroid dienone is 1. The SMILES string of the molecule is CCOc1cc2c(cc1OC)-c1c/c(=N\c3c(C)cc(C)cc3C)n(CCNC(=O)/C(N)=C(\C#N)NN)c(=O)n1CC2. The van der Waals surface area contributed by atoms with Crippen molar-refractivity contribution >= 4 is 11.6 Å². The fourth-order valence-corrected chi connectivity index (χ4v) is 5.20. The zero-order chi connectivity index (χ0) is 30.6. The molecule has 0 spiro atoms. The van der Waals surface area contributed by atoms with Crippen LogP contribution in [0.4, 0.5) is 5.69 Å². The van der Waals surface area contributed by atoms with Gasteiger partial charge >= 0.3 is 5.69 Å². The highest BCUT2D eigenvalue weighted by molar-refractivity contribution is 5.93. The first kappa shape index (κ1) is 30.0. The van der Waals surface area contributed by atoms with Gasteiger partial charge in [-0.1, -0.05) is 17.7 Å². The molecule has 2 aromatic carbocycles. The van der Waals surface area contributed by atoms with E-state index in [1.54, 1.807) is 17.7 Å². The summed E-state index contributed by atoms with van der Waals surface area (Å²) in [7, 11) is 1.59. The van der Waals surface area contributed by atoms with E-state index in [-0.39, 0.29) is 30.2 Å². The molecule has 3 aromatic rings. The van der Waals surface area contributed by atoms with Crippen molar-refractivity contribution in [3.63, 3.8) is 0 Å². The predicted molar refractivity (Wildman–Crippen MR) is 159 cm³/mol. The number of benzene rings is 2. The van der Waals surface area contributed by atoms with Gasteiger partial charge in [0.15, 0.2) is 17.2 Å². The van der Waals surface area contributed by atoms with Crippen molar-refractivity contribution in [1.82, 2.24) is 19.9 Å². The first-order valence-corrected chi connectivity index (χ1v) is 13.6. The number of fused-ring (bicyclic) bond motifs is 3. The Balaban J connectivity index is 1.87. The van der Waals surface area contributed by atoms with Crippen LogP contribution in [0, 0.1) is 32.1 Å². The maximum Gasteiger partial charge on any atom is 0.330 e. The number of hydrogen-bond acceptors (Lipinski definition) is 9. The zero-order valence-corrected chi connectivity index (χ0v) is 24.5. The fraction of sp³-hybridized carbons (Fsp3) is 0.333. The number of carbonyl (C=O) groups excluding carboxylic acids is 1. The zero-order valence-electron chi connectivity index (χ0n) is 24.5. The predicted octanol–water partition coefficient (Wildman–Crippen LogP) is 1.71. The number of ether oxygens (including phenoxy) is 2. The number of carbonyl (C=O) groups is 1. The highest BCUT2D eigenvalue weighted by Gasteiger charge is 2.23. The van der Waals surface area contributed by atoms with Crippen LogP contribution in [0.5, 0.6) is 11.5 Å². The van der Waals surface area contributed by atoms with Gasteiger partial charge in [-0.2, -0.15) is 5.26 Å². The molecule has 1 aliphatic rings. The molecule has 0 fully saturated rings. The number of aromatic nitrogens is 2. The van der Waals surface area contributed by atoms with Crippen molar-refractivity contribution in [3.05, 3.63) is 80.0 Å². The van der Waals surface area contributed by atoms with E-state index in [1.807, 2.05) is 58.0 Å². The van der Waals surface area contributed by atoms with Crippen molar-refractivity contribution in [1.29, 1.82) is 5.26 Å². The van der Waals surface area contributed by atoms with Crippen molar-refractivity contribution in [3.8, 4) is 28.8 Å². The number of nitrogens with one attached hydrogen (secondary N) is 2. The first-order valence-electron chi connectivity index (χ1n) is 13.6. The maximum absolute atomic E-state index is 14.0. The first-order chi connectivity index (χ1) is 20.1. The summed E-state index contributed by atoms with van der Waals surface area (Å²) in [6.07, 6.45) is 0.625. The van der Waals surface area contributed by atoms with Gasteiger partial charge in [0.1, 0.15) is 17.3 Å². The molecular formula is C30H36N8O4. The highest BCUT2D eigenvalue weighted by atomic mass is 16.5. The summed E-state index contributed by atoms with van der Waals surface area (Å²) in [4.78, 5) is 31.5. The minimum absolute atomic E-state index is 0.0541. The molecule has 6 N–H and O–H groups in total. The Kier molecular flexibility index (Phi) is 9.02. The fourth-order valence-electron chi connectivity index (χ4n) is 5.20. The van der Waals surface area contributed by atoms with E-state index in [0.29, 0.717) is 42.3 Å². The van der Waals surface area contributed by atoms with Crippen LogP contribution in [0.3, 0.4) is 0 Å². The van der Waals surface area contributed by atoms with Crippen LogP contribution in [0.1, 0.15) is 29.2 Å². The Morgan fingerprint density at radius 1 is 1.14 bits per heavy atom. The van der Waals surface area contributed by atoms with Gasteiger partial charge in [-0.3, -0.25) is 13.9 Å². The number of rotatable bonds is 9. The Morgan fingerprint density at radius 3 is 2.48 bits per heavy atom. The molecule has 0 unspecified atom stereocenters.